The Morgan fingerprint density at radius 2 is 1.45 bits per heavy atom. The first-order chi connectivity index (χ1) is 18.0. The molecule has 1 rings (SSSR count). The molecule has 0 spiro atoms. The van der Waals surface area contributed by atoms with Crippen LogP contribution in [0.4, 0.5) is 0 Å². The highest BCUT2D eigenvalue weighted by molar-refractivity contribution is 5.78. The van der Waals surface area contributed by atoms with E-state index < -0.39 is 29.4 Å². The van der Waals surface area contributed by atoms with Crippen LogP contribution in [0.15, 0.2) is 18.2 Å². The number of carbonyl (C=O) groups is 4. The highest BCUT2D eigenvalue weighted by Gasteiger charge is 2.24. The molecule has 0 aliphatic heterocycles. The van der Waals surface area contributed by atoms with E-state index >= 15 is 0 Å². The Hall–Kier alpha value is -2.94. The van der Waals surface area contributed by atoms with E-state index in [0.29, 0.717) is 12.0 Å². The Morgan fingerprint density at radius 3 is 1.97 bits per heavy atom. The van der Waals surface area contributed by atoms with Gasteiger partial charge in [0.05, 0.1) is 12.5 Å². The minimum atomic E-state index is -0.733. The average Bonchev–Trinajstić information content (AvgIpc) is 2.86. The van der Waals surface area contributed by atoms with Crippen LogP contribution >= 0.6 is 0 Å². The monoisotopic (exact) mass is 535 g/mol. The SMILES string of the molecule is CCCCCC(=O)Oc1ccc(C[C@H](NCCOC(=O)C(C)(C)C)C(=O)OC)cc1OC(=O)CCCCC. The summed E-state index contributed by atoms with van der Waals surface area (Å²) in [5, 5.41) is 3.05. The Kier molecular flexibility index (Phi) is 15.3. The molecule has 0 bridgehead atoms. The van der Waals surface area contributed by atoms with E-state index in [1.54, 1.807) is 39.0 Å². The normalized spacial score (nSPS) is 11.9. The number of unbranched alkanes of at least 4 members (excludes halogenated alkanes) is 4. The van der Waals surface area contributed by atoms with Crippen LogP contribution in [0.5, 0.6) is 11.5 Å². The number of methoxy groups -OCH3 is 1. The first-order valence-electron chi connectivity index (χ1n) is 13.5. The van der Waals surface area contributed by atoms with Crippen LogP contribution in [0.3, 0.4) is 0 Å². The molecule has 214 valence electrons. The topological polar surface area (TPSA) is 117 Å². The van der Waals surface area contributed by atoms with Gasteiger partial charge in [-0.05, 0) is 57.7 Å². The van der Waals surface area contributed by atoms with Gasteiger partial charge in [0.25, 0.3) is 0 Å². The summed E-state index contributed by atoms with van der Waals surface area (Å²) in [5.74, 6) is -1.34. The van der Waals surface area contributed by atoms with Gasteiger partial charge in [-0.1, -0.05) is 45.6 Å². The van der Waals surface area contributed by atoms with Crippen LogP contribution in [-0.2, 0) is 35.1 Å². The molecule has 0 unspecified atom stereocenters. The molecule has 9 heteroatoms. The first kappa shape index (κ1) is 33.1. The van der Waals surface area contributed by atoms with E-state index in [0.717, 1.165) is 32.1 Å². The van der Waals surface area contributed by atoms with Crippen molar-refractivity contribution in [1.29, 1.82) is 0 Å². The summed E-state index contributed by atoms with van der Waals surface area (Å²) in [7, 11) is 1.29. The lowest BCUT2D eigenvalue weighted by atomic mass is 9.97. The summed E-state index contributed by atoms with van der Waals surface area (Å²) in [6.45, 7) is 9.73. The lowest BCUT2D eigenvalue weighted by Gasteiger charge is -2.19. The maximum atomic E-state index is 12.4. The number of hydrogen-bond donors (Lipinski definition) is 1. The van der Waals surface area contributed by atoms with Crippen LogP contribution in [-0.4, -0.2) is 50.2 Å². The predicted octanol–water partition coefficient (Wildman–Crippen LogP) is 4.92. The van der Waals surface area contributed by atoms with E-state index in [1.165, 1.54) is 7.11 Å². The summed E-state index contributed by atoms with van der Waals surface area (Å²) in [4.78, 5) is 49.1. The van der Waals surface area contributed by atoms with Crippen molar-refractivity contribution in [2.75, 3.05) is 20.3 Å². The molecule has 9 nitrogen and oxygen atoms in total. The fourth-order valence-corrected chi connectivity index (χ4v) is 3.44. The number of nitrogens with one attached hydrogen (secondary N) is 1. The van der Waals surface area contributed by atoms with Gasteiger partial charge in [0.1, 0.15) is 12.6 Å². The van der Waals surface area contributed by atoms with Gasteiger partial charge in [0, 0.05) is 19.4 Å². The number of ether oxygens (including phenoxy) is 4. The molecule has 1 aromatic rings. The van der Waals surface area contributed by atoms with Crippen molar-refractivity contribution < 1.29 is 38.1 Å². The molecule has 0 saturated heterocycles. The minimum Gasteiger partial charge on any atom is -0.468 e. The van der Waals surface area contributed by atoms with Crippen LogP contribution in [0.2, 0.25) is 0 Å². The van der Waals surface area contributed by atoms with Crippen molar-refractivity contribution in [3.05, 3.63) is 23.8 Å². The third-order valence-corrected chi connectivity index (χ3v) is 5.69. The lowest BCUT2D eigenvalue weighted by molar-refractivity contribution is -0.152. The van der Waals surface area contributed by atoms with E-state index in [2.05, 4.69) is 12.2 Å². The summed E-state index contributed by atoms with van der Waals surface area (Å²) >= 11 is 0. The molecule has 1 atom stereocenters. The van der Waals surface area contributed by atoms with Crippen molar-refractivity contribution in [2.45, 2.75) is 98.4 Å². The quantitative estimate of drug-likeness (QED) is 0.168. The fraction of sp³-hybridized carbons (Fsp3) is 0.655. The minimum absolute atomic E-state index is 0.0944. The van der Waals surface area contributed by atoms with Gasteiger partial charge in [0.2, 0.25) is 0 Å². The number of esters is 4. The van der Waals surface area contributed by atoms with Crippen molar-refractivity contribution in [3.63, 3.8) is 0 Å². The Morgan fingerprint density at radius 1 is 0.868 bits per heavy atom. The molecule has 1 N–H and O–H groups in total. The van der Waals surface area contributed by atoms with Gasteiger partial charge >= 0.3 is 23.9 Å². The van der Waals surface area contributed by atoms with E-state index in [9.17, 15) is 19.2 Å². The first-order valence-corrected chi connectivity index (χ1v) is 13.5. The number of hydrogen-bond acceptors (Lipinski definition) is 9. The third-order valence-electron chi connectivity index (χ3n) is 5.69. The standard InChI is InChI=1S/C29H45NO8/c1-7-9-11-13-25(31)37-23-16-15-21(20-24(23)38-26(32)14-12-10-8-2)19-22(27(33)35-6)30-17-18-36-28(34)29(3,4)5/h15-16,20,22,30H,7-14,17-19H2,1-6H3/t22-/m0/s1. The van der Waals surface area contributed by atoms with Gasteiger partial charge in [-0.25, -0.2) is 0 Å². The van der Waals surface area contributed by atoms with Crippen LogP contribution in [0, 0.1) is 5.41 Å². The predicted molar refractivity (Wildman–Crippen MR) is 144 cm³/mol. The molecule has 0 heterocycles. The van der Waals surface area contributed by atoms with E-state index in [1.807, 2.05) is 6.92 Å². The Balaban J connectivity index is 2.98. The molecule has 0 aromatic heterocycles. The summed E-state index contributed by atoms with van der Waals surface area (Å²) in [6.07, 6.45) is 5.95. The largest absolute Gasteiger partial charge is 0.468 e. The lowest BCUT2D eigenvalue weighted by Crippen LogP contribution is -2.41. The molecule has 0 saturated carbocycles. The van der Waals surface area contributed by atoms with Crippen molar-refractivity contribution in [2.24, 2.45) is 5.41 Å². The van der Waals surface area contributed by atoms with Crippen LogP contribution in [0.25, 0.3) is 0 Å². The molecule has 0 fully saturated rings. The van der Waals surface area contributed by atoms with Crippen LogP contribution in [0.1, 0.15) is 91.5 Å². The van der Waals surface area contributed by atoms with Gasteiger partial charge in [-0.2, -0.15) is 0 Å². The smallest absolute Gasteiger partial charge is 0.323 e. The summed E-state index contributed by atoms with van der Waals surface area (Å²) in [5.41, 5.74) is 0.0505. The summed E-state index contributed by atoms with van der Waals surface area (Å²) < 4.78 is 21.3. The molecule has 0 aliphatic rings. The van der Waals surface area contributed by atoms with Crippen molar-refractivity contribution in [3.8, 4) is 11.5 Å². The molecule has 0 amide bonds. The van der Waals surface area contributed by atoms with Crippen molar-refractivity contribution >= 4 is 23.9 Å². The number of benzene rings is 1. The number of carbonyl (C=O) groups excluding carboxylic acids is 4. The summed E-state index contributed by atoms with van der Waals surface area (Å²) in [6, 6.07) is 4.15. The maximum absolute atomic E-state index is 12.4. The highest BCUT2D eigenvalue weighted by atomic mass is 16.6. The second kappa shape index (κ2) is 17.5. The van der Waals surface area contributed by atoms with Crippen LogP contribution < -0.4 is 14.8 Å². The zero-order valence-electron chi connectivity index (χ0n) is 23.9. The second-order valence-corrected chi connectivity index (χ2v) is 10.3. The molecule has 1 aromatic carbocycles. The Bertz CT molecular complexity index is 906. The zero-order valence-corrected chi connectivity index (χ0v) is 23.9. The van der Waals surface area contributed by atoms with E-state index in [-0.39, 0.29) is 49.9 Å². The van der Waals surface area contributed by atoms with E-state index in [4.69, 9.17) is 18.9 Å². The fourth-order valence-electron chi connectivity index (χ4n) is 3.44. The Labute approximate surface area is 226 Å². The van der Waals surface area contributed by atoms with Crippen molar-refractivity contribution in [1.82, 2.24) is 5.32 Å². The second-order valence-electron chi connectivity index (χ2n) is 10.3. The molecule has 0 aliphatic carbocycles. The van der Waals surface area contributed by atoms with Gasteiger partial charge in [-0.3, -0.25) is 19.2 Å². The maximum Gasteiger partial charge on any atom is 0.323 e. The zero-order chi connectivity index (χ0) is 28.6. The van der Waals surface area contributed by atoms with Gasteiger partial charge in [-0.15, -0.1) is 0 Å². The molecule has 38 heavy (non-hydrogen) atoms. The third kappa shape index (κ3) is 13.0. The molecular weight excluding hydrogens is 490 g/mol. The number of rotatable bonds is 17. The van der Waals surface area contributed by atoms with Gasteiger partial charge < -0.3 is 24.3 Å². The van der Waals surface area contributed by atoms with Gasteiger partial charge in [0.15, 0.2) is 11.5 Å². The highest BCUT2D eigenvalue weighted by Crippen LogP contribution is 2.30. The molecular formula is C29H45NO8. The molecule has 0 radical (unpaired) electrons. The average molecular weight is 536 g/mol.